The molecule has 0 spiro atoms. The first-order valence-electron chi connectivity index (χ1n) is 8.24. The molecule has 1 saturated carbocycles. The number of rotatable bonds is 8. The zero-order valence-electron chi connectivity index (χ0n) is 13.5. The zero-order chi connectivity index (χ0) is 16.1. The van der Waals surface area contributed by atoms with E-state index < -0.39 is 0 Å². The van der Waals surface area contributed by atoms with Gasteiger partial charge in [0.1, 0.15) is 11.5 Å². The Morgan fingerprint density at radius 3 is 2.83 bits per heavy atom. The van der Waals surface area contributed by atoms with E-state index in [1.165, 1.54) is 5.56 Å². The Morgan fingerprint density at radius 2 is 2.09 bits per heavy atom. The normalized spacial score (nSPS) is 19.3. The van der Waals surface area contributed by atoms with Gasteiger partial charge in [0.15, 0.2) is 0 Å². The molecule has 122 valence electrons. The maximum Gasteiger partial charge on any atom is 0.223 e. The third kappa shape index (κ3) is 4.38. The summed E-state index contributed by atoms with van der Waals surface area (Å²) in [7, 11) is 0. The van der Waals surface area contributed by atoms with Crippen LogP contribution in [0.5, 0.6) is 5.75 Å². The molecular formula is C19H23NO3. The van der Waals surface area contributed by atoms with Crippen molar-refractivity contribution in [1.29, 1.82) is 0 Å². The van der Waals surface area contributed by atoms with Crippen molar-refractivity contribution in [2.45, 2.75) is 32.1 Å². The van der Waals surface area contributed by atoms with E-state index in [2.05, 4.69) is 12.2 Å². The fourth-order valence-electron chi connectivity index (χ4n) is 2.70. The summed E-state index contributed by atoms with van der Waals surface area (Å²) in [5.74, 6) is 2.33. The predicted molar refractivity (Wildman–Crippen MR) is 88.5 cm³/mol. The largest absolute Gasteiger partial charge is 0.494 e. The van der Waals surface area contributed by atoms with Gasteiger partial charge in [-0.15, -0.1) is 0 Å². The Hall–Kier alpha value is -2.23. The first kappa shape index (κ1) is 15.7. The van der Waals surface area contributed by atoms with Crippen LogP contribution in [-0.2, 0) is 4.79 Å². The van der Waals surface area contributed by atoms with Crippen LogP contribution >= 0.6 is 0 Å². The maximum atomic E-state index is 12.0. The second kappa shape index (κ2) is 7.36. The van der Waals surface area contributed by atoms with Gasteiger partial charge in [-0.2, -0.15) is 0 Å². The molecule has 3 rings (SSSR count). The molecule has 2 aromatic rings. The van der Waals surface area contributed by atoms with Crippen molar-refractivity contribution >= 4 is 5.91 Å². The van der Waals surface area contributed by atoms with Crippen LogP contribution in [0.4, 0.5) is 0 Å². The van der Waals surface area contributed by atoms with E-state index in [4.69, 9.17) is 9.15 Å². The van der Waals surface area contributed by atoms with E-state index in [1.54, 1.807) is 6.26 Å². The summed E-state index contributed by atoms with van der Waals surface area (Å²) in [5.41, 5.74) is 1.23. The molecule has 4 heteroatoms. The van der Waals surface area contributed by atoms with E-state index in [1.807, 2.05) is 36.4 Å². The summed E-state index contributed by atoms with van der Waals surface area (Å²) in [4.78, 5) is 12.0. The summed E-state index contributed by atoms with van der Waals surface area (Å²) in [6.45, 7) is 3.44. The number of aryl methyl sites for hydroxylation is 1. The molecule has 1 heterocycles. The Morgan fingerprint density at radius 1 is 1.26 bits per heavy atom. The topological polar surface area (TPSA) is 51.5 Å². The fraction of sp³-hybridized carbons (Fsp3) is 0.421. The number of ether oxygens (including phenoxy) is 1. The Labute approximate surface area is 136 Å². The molecule has 0 bridgehead atoms. The lowest BCUT2D eigenvalue weighted by Crippen LogP contribution is -2.26. The number of hydrogen-bond donors (Lipinski definition) is 1. The molecule has 1 aliphatic carbocycles. The van der Waals surface area contributed by atoms with Gasteiger partial charge in [0.2, 0.25) is 5.91 Å². The molecule has 23 heavy (non-hydrogen) atoms. The zero-order valence-corrected chi connectivity index (χ0v) is 13.5. The third-order valence-electron chi connectivity index (χ3n) is 4.20. The number of unbranched alkanes of at least 4 members (excludes halogenated alkanes) is 1. The molecule has 1 amide bonds. The van der Waals surface area contributed by atoms with Crippen LogP contribution in [0.15, 0.2) is 47.1 Å². The number of benzene rings is 1. The van der Waals surface area contributed by atoms with Crippen molar-refractivity contribution in [2.75, 3.05) is 13.2 Å². The Bertz CT molecular complexity index is 619. The summed E-state index contributed by atoms with van der Waals surface area (Å²) >= 11 is 0. The number of nitrogens with one attached hydrogen (secondary N) is 1. The van der Waals surface area contributed by atoms with Gasteiger partial charge < -0.3 is 14.5 Å². The lowest BCUT2D eigenvalue weighted by atomic mass is 10.2. The van der Waals surface area contributed by atoms with Crippen LogP contribution in [0, 0.1) is 12.8 Å². The number of hydrogen-bond acceptors (Lipinski definition) is 3. The maximum absolute atomic E-state index is 12.0. The minimum absolute atomic E-state index is 0.0879. The molecule has 1 aromatic carbocycles. The molecule has 2 unspecified atom stereocenters. The molecule has 1 fully saturated rings. The van der Waals surface area contributed by atoms with Crippen molar-refractivity contribution in [3.05, 3.63) is 54.0 Å². The van der Waals surface area contributed by atoms with Crippen molar-refractivity contribution in [2.24, 2.45) is 5.92 Å². The van der Waals surface area contributed by atoms with Crippen molar-refractivity contribution in [3.8, 4) is 5.75 Å². The quantitative estimate of drug-likeness (QED) is 0.757. The van der Waals surface area contributed by atoms with E-state index in [9.17, 15) is 4.79 Å². The van der Waals surface area contributed by atoms with Crippen LogP contribution < -0.4 is 10.1 Å². The minimum Gasteiger partial charge on any atom is -0.494 e. The van der Waals surface area contributed by atoms with Gasteiger partial charge in [-0.1, -0.05) is 17.7 Å². The Balaban J connectivity index is 1.26. The first-order valence-corrected chi connectivity index (χ1v) is 8.24. The number of carbonyl (C=O) groups is 1. The van der Waals surface area contributed by atoms with E-state index in [0.717, 1.165) is 30.8 Å². The monoisotopic (exact) mass is 313 g/mol. The van der Waals surface area contributed by atoms with Gasteiger partial charge in [0.05, 0.1) is 12.9 Å². The summed E-state index contributed by atoms with van der Waals surface area (Å²) < 4.78 is 11.0. The standard InChI is InChI=1S/C19H23NO3/c1-14-6-8-15(9-7-14)22-11-3-2-10-20-19(21)17-13-16(17)18-5-4-12-23-18/h4-9,12,16-17H,2-3,10-11,13H2,1H3,(H,20,21). The SMILES string of the molecule is Cc1ccc(OCCCCNC(=O)C2CC2c2ccco2)cc1. The van der Waals surface area contributed by atoms with Crippen molar-refractivity contribution in [1.82, 2.24) is 5.32 Å². The van der Waals surface area contributed by atoms with E-state index in [0.29, 0.717) is 13.2 Å². The summed E-state index contributed by atoms with van der Waals surface area (Å²) in [6.07, 6.45) is 4.42. The highest BCUT2D eigenvalue weighted by Crippen LogP contribution is 2.47. The summed E-state index contributed by atoms with van der Waals surface area (Å²) in [5, 5.41) is 3.01. The Kier molecular flexibility index (Phi) is 5.01. The van der Waals surface area contributed by atoms with E-state index in [-0.39, 0.29) is 17.7 Å². The fourth-order valence-corrected chi connectivity index (χ4v) is 2.70. The molecule has 1 aromatic heterocycles. The van der Waals surface area contributed by atoms with Crippen molar-refractivity contribution in [3.63, 3.8) is 0 Å². The molecule has 1 aliphatic rings. The second-order valence-electron chi connectivity index (χ2n) is 6.12. The van der Waals surface area contributed by atoms with E-state index >= 15 is 0 Å². The second-order valence-corrected chi connectivity index (χ2v) is 6.12. The van der Waals surface area contributed by atoms with Gasteiger partial charge >= 0.3 is 0 Å². The molecule has 2 atom stereocenters. The van der Waals surface area contributed by atoms with Gasteiger partial charge in [-0.3, -0.25) is 4.79 Å². The predicted octanol–water partition coefficient (Wildman–Crippen LogP) is 3.67. The van der Waals surface area contributed by atoms with Crippen LogP contribution in [0.3, 0.4) is 0 Å². The van der Waals surface area contributed by atoms with Crippen LogP contribution in [-0.4, -0.2) is 19.1 Å². The molecule has 0 radical (unpaired) electrons. The van der Waals surface area contributed by atoms with Gasteiger partial charge in [-0.05, 0) is 50.5 Å². The molecule has 4 nitrogen and oxygen atoms in total. The lowest BCUT2D eigenvalue weighted by Gasteiger charge is -2.07. The highest BCUT2D eigenvalue weighted by Gasteiger charge is 2.45. The molecule has 0 aliphatic heterocycles. The number of furan rings is 1. The smallest absolute Gasteiger partial charge is 0.223 e. The van der Waals surface area contributed by atoms with Gasteiger partial charge in [0.25, 0.3) is 0 Å². The van der Waals surface area contributed by atoms with Crippen LogP contribution in [0.25, 0.3) is 0 Å². The number of carbonyl (C=O) groups excluding carboxylic acids is 1. The van der Waals surface area contributed by atoms with Crippen molar-refractivity contribution < 1.29 is 13.9 Å². The first-order chi connectivity index (χ1) is 11.2. The van der Waals surface area contributed by atoms with Crippen LogP contribution in [0.1, 0.15) is 36.5 Å². The molecular weight excluding hydrogens is 290 g/mol. The summed E-state index contributed by atoms with van der Waals surface area (Å²) in [6, 6.07) is 11.9. The lowest BCUT2D eigenvalue weighted by molar-refractivity contribution is -0.122. The average Bonchev–Trinajstić information content (AvgIpc) is 3.18. The molecule has 1 N–H and O–H groups in total. The highest BCUT2D eigenvalue weighted by atomic mass is 16.5. The highest BCUT2D eigenvalue weighted by molar-refractivity contribution is 5.82. The van der Waals surface area contributed by atoms with Crippen LogP contribution in [0.2, 0.25) is 0 Å². The minimum atomic E-state index is 0.0879. The van der Waals surface area contributed by atoms with Gasteiger partial charge in [0, 0.05) is 18.4 Å². The average molecular weight is 313 g/mol. The third-order valence-corrected chi connectivity index (χ3v) is 4.20. The number of amides is 1. The van der Waals surface area contributed by atoms with Gasteiger partial charge in [-0.25, -0.2) is 0 Å². The molecule has 0 saturated heterocycles.